The molecule has 1 heterocycles. The zero-order valence-corrected chi connectivity index (χ0v) is 16.7. The van der Waals surface area contributed by atoms with Crippen molar-refractivity contribution in [1.82, 2.24) is 15.0 Å². The maximum absolute atomic E-state index is 8.63. The molecule has 5 aromatic rings. The molecule has 0 aliphatic heterocycles. The summed E-state index contributed by atoms with van der Waals surface area (Å²) in [4.78, 5) is 12.9. The van der Waals surface area contributed by atoms with E-state index in [1.165, 1.54) is 0 Å². The first-order valence-electron chi connectivity index (χ1n) is 13.8. The molecule has 0 bridgehead atoms. The molecule has 0 saturated carbocycles. The smallest absolute Gasteiger partial charge is 0.208 e. The highest BCUT2D eigenvalue weighted by molar-refractivity contribution is 6.28. The van der Waals surface area contributed by atoms with E-state index in [9.17, 15) is 0 Å². The average Bonchev–Trinajstić information content (AvgIpc) is 2.96. The van der Waals surface area contributed by atoms with Gasteiger partial charge in [0, 0.05) is 11.1 Å². The maximum Gasteiger partial charge on any atom is 0.226 e. The Balaban J connectivity index is 1.60. The van der Waals surface area contributed by atoms with Gasteiger partial charge < -0.3 is 0 Å². The minimum absolute atomic E-state index is 0.00341. The van der Waals surface area contributed by atoms with Crippen molar-refractivity contribution in [1.29, 1.82) is 0 Å². The van der Waals surface area contributed by atoms with Gasteiger partial charge >= 0.3 is 0 Å². The van der Waals surface area contributed by atoms with Gasteiger partial charge in [0.05, 0.1) is 12.3 Å². The van der Waals surface area contributed by atoms with Crippen molar-refractivity contribution in [2.75, 3.05) is 0 Å². The number of nitrogens with zero attached hydrogens (tertiary/aromatic N) is 3. The maximum atomic E-state index is 8.63. The van der Waals surface area contributed by atoms with Crippen molar-refractivity contribution >= 4 is 11.6 Å². The van der Waals surface area contributed by atoms with Crippen molar-refractivity contribution in [3.05, 3.63) is 114 Å². The molecule has 5 rings (SSSR count). The standard InChI is InChI=1S/C27H18ClN3/c28-27-30-25(23-9-5-2-6-10-23)29-26(31-27)24-17-15-22(16-18-24)21-13-11-20(12-14-21)19-7-3-1-4-8-19/h1-18H/i1D,3D,4D,7D,8D,11D,12D,13D,14D. The van der Waals surface area contributed by atoms with Gasteiger partial charge in [-0.25, -0.2) is 4.98 Å². The topological polar surface area (TPSA) is 38.7 Å². The molecule has 3 nitrogen and oxygen atoms in total. The van der Waals surface area contributed by atoms with Crippen LogP contribution in [0.1, 0.15) is 12.3 Å². The second-order valence-electron chi connectivity index (χ2n) is 6.45. The summed E-state index contributed by atoms with van der Waals surface area (Å²) in [5.74, 6) is 0.698. The molecule has 0 unspecified atom stereocenters. The third kappa shape index (κ3) is 4.23. The molecule has 148 valence electrons. The number of halogens is 1. The zero-order chi connectivity index (χ0) is 28.9. The summed E-state index contributed by atoms with van der Waals surface area (Å²) in [7, 11) is 0. The molecular weight excluding hydrogens is 402 g/mol. The number of aromatic nitrogens is 3. The summed E-state index contributed by atoms with van der Waals surface area (Å²) < 4.78 is 74.5. The number of rotatable bonds is 4. The van der Waals surface area contributed by atoms with Crippen LogP contribution in [0.5, 0.6) is 0 Å². The Bertz CT molecular complexity index is 1740. The molecule has 31 heavy (non-hydrogen) atoms. The van der Waals surface area contributed by atoms with E-state index in [0.717, 1.165) is 5.56 Å². The van der Waals surface area contributed by atoms with Crippen molar-refractivity contribution in [3.8, 4) is 45.0 Å². The first kappa shape index (κ1) is 11.5. The average molecular weight is 429 g/mol. The first-order valence-corrected chi connectivity index (χ1v) is 9.64. The molecule has 0 spiro atoms. The van der Waals surface area contributed by atoms with Gasteiger partial charge in [-0.1, -0.05) is 109 Å². The fraction of sp³-hybridized carbons (Fsp3) is 0. The van der Waals surface area contributed by atoms with E-state index in [4.69, 9.17) is 23.9 Å². The Morgan fingerprint density at radius 3 is 1.58 bits per heavy atom. The van der Waals surface area contributed by atoms with Gasteiger partial charge in [-0.3, -0.25) is 0 Å². The molecule has 0 amide bonds. The molecule has 0 N–H and O–H groups in total. The summed E-state index contributed by atoms with van der Waals surface area (Å²) in [6.07, 6.45) is 0. The second-order valence-corrected chi connectivity index (χ2v) is 6.78. The van der Waals surface area contributed by atoms with Crippen LogP contribution in [0, 0.1) is 0 Å². The van der Waals surface area contributed by atoms with E-state index in [1.807, 2.05) is 30.3 Å². The van der Waals surface area contributed by atoms with Crippen LogP contribution in [0.3, 0.4) is 0 Å². The lowest BCUT2D eigenvalue weighted by Crippen LogP contribution is -1.97. The van der Waals surface area contributed by atoms with Crippen LogP contribution in [0.2, 0.25) is 5.28 Å². The lowest BCUT2D eigenvalue weighted by Gasteiger charge is -2.07. The zero-order valence-electron chi connectivity index (χ0n) is 24.9. The second kappa shape index (κ2) is 8.50. The molecule has 0 aliphatic rings. The molecular formula is C27H18ClN3. The van der Waals surface area contributed by atoms with Crippen LogP contribution < -0.4 is 0 Å². The fourth-order valence-corrected chi connectivity index (χ4v) is 3.10. The molecule has 0 fully saturated rings. The highest BCUT2D eigenvalue weighted by Crippen LogP contribution is 2.27. The molecule has 0 aliphatic carbocycles. The lowest BCUT2D eigenvalue weighted by molar-refractivity contribution is 1.07. The highest BCUT2D eigenvalue weighted by Gasteiger charge is 2.09. The van der Waals surface area contributed by atoms with Crippen LogP contribution in [0.4, 0.5) is 0 Å². The summed E-state index contributed by atoms with van der Waals surface area (Å²) in [5, 5.41) is 0.00996. The Hall–Kier alpha value is -3.82. The van der Waals surface area contributed by atoms with Crippen LogP contribution in [0.25, 0.3) is 45.0 Å². The van der Waals surface area contributed by atoms with E-state index in [0.29, 0.717) is 22.8 Å². The van der Waals surface area contributed by atoms with Crippen molar-refractivity contribution in [2.45, 2.75) is 0 Å². The minimum Gasteiger partial charge on any atom is -0.208 e. The molecule has 4 heteroatoms. The predicted octanol–water partition coefficient (Wildman–Crippen LogP) is 7.19. The summed E-state index contributed by atoms with van der Waals surface area (Å²) in [5.41, 5.74) is 0.961. The normalized spacial score (nSPS) is 14.8. The molecule has 0 saturated heterocycles. The van der Waals surface area contributed by atoms with Gasteiger partial charge in [0.2, 0.25) is 5.28 Å². The lowest BCUT2D eigenvalue weighted by atomic mass is 9.99. The molecule has 1 aromatic heterocycles. The third-order valence-corrected chi connectivity index (χ3v) is 4.62. The van der Waals surface area contributed by atoms with Crippen LogP contribution in [0.15, 0.2) is 109 Å². The Kier molecular flexibility index (Phi) is 3.17. The summed E-state index contributed by atoms with van der Waals surface area (Å²) >= 11 is 6.15. The minimum atomic E-state index is -0.624. The Morgan fingerprint density at radius 2 is 0.968 bits per heavy atom. The number of benzene rings is 4. The van der Waals surface area contributed by atoms with Crippen LogP contribution in [-0.4, -0.2) is 15.0 Å². The summed E-state index contributed by atoms with van der Waals surface area (Å²) in [6, 6.07) is 10.8. The van der Waals surface area contributed by atoms with Gasteiger partial charge in [-0.2, -0.15) is 9.97 Å². The number of hydrogen-bond acceptors (Lipinski definition) is 3. The monoisotopic (exact) mass is 428 g/mol. The van der Waals surface area contributed by atoms with E-state index in [1.54, 1.807) is 24.3 Å². The predicted molar refractivity (Wildman–Crippen MR) is 127 cm³/mol. The van der Waals surface area contributed by atoms with Gasteiger partial charge in [-0.15, -0.1) is 0 Å². The van der Waals surface area contributed by atoms with Gasteiger partial charge in [-0.05, 0) is 33.9 Å². The quantitative estimate of drug-likeness (QED) is 0.304. The number of hydrogen-bond donors (Lipinski definition) is 0. The Labute approximate surface area is 198 Å². The largest absolute Gasteiger partial charge is 0.226 e. The van der Waals surface area contributed by atoms with Gasteiger partial charge in [0.15, 0.2) is 11.6 Å². The highest BCUT2D eigenvalue weighted by atomic mass is 35.5. The SMILES string of the molecule is [2H]c1c([2H])c([2H])c(-c2c([2H])c([2H])c(-c3ccc(-c4nc(Cl)nc(-c5ccccc5)n4)cc3)c([2H])c2[2H])c([2H])c1[2H]. The Morgan fingerprint density at radius 1 is 0.484 bits per heavy atom. The van der Waals surface area contributed by atoms with E-state index < -0.39 is 54.4 Å². The molecule has 0 radical (unpaired) electrons. The van der Waals surface area contributed by atoms with Gasteiger partial charge in [0.1, 0.15) is 0 Å². The van der Waals surface area contributed by atoms with Crippen molar-refractivity contribution in [2.24, 2.45) is 0 Å². The van der Waals surface area contributed by atoms with Crippen LogP contribution >= 0.6 is 11.6 Å². The van der Waals surface area contributed by atoms with Crippen LogP contribution in [-0.2, 0) is 0 Å². The first-order chi connectivity index (χ1) is 19.0. The van der Waals surface area contributed by atoms with E-state index >= 15 is 0 Å². The van der Waals surface area contributed by atoms with Gasteiger partial charge in [0.25, 0.3) is 0 Å². The van der Waals surface area contributed by atoms with E-state index in [2.05, 4.69) is 15.0 Å². The molecule has 0 atom stereocenters. The van der Waals surface area contributed by atoms with Crippen molar-refractivity contribution < 1.29 is 12.3 Å². The molecule has 4 aromatic carbocycles. The third-order valence-electron chi connectivity index (χ3n) is 4.45. The summed E-state index contributed by atoms with van der Waals surface area (Å²) in [6.45, 7) is 0. The van der Waals surface area contributed by atoms with E-state index in [-0.39, 0.29) is 22.0 Å². The fourth-order valence-electron chi connectivity index (χ4n) is 2.94. The van der Waals surface area contributed by atoms with Crippen molar-refractivity contribution in [3.63, 3.8) is 0 Å².